The van der Waals surface area contributed by atoms with Gasteiger partial charge in [0, 0.05) is 22.7 Å². The molecule has 0 amide bonds. The van der Waals surface area contributed by atoms with Crippen LogP contribution in [-0.2, 0) is 0 Å². The average molecular weight is 309 g/mol. The molecule has 0 saturated carbocycles. The molecule has 0 N–H and O–H groups in total. The smallest absolute Gasteiger partial charge is 0.193 e. The molecule has 1 heterocycles. The Morgan fingerprint density at radius 2 is 1.38 bits per heavy atom. The Morgan fingerprint density at radius 1 is 0.667 bits per heavy atom. The molecule has 0 fully saturated rings. The zero-order valence-electron chi connectivity index (χ0n) is 13.0. The van der Waals surface area contributed by atoms with E-state index in [9.17, 15) is 4.79 Å². The molecule has 4 rings (SSSR count). The molecule has 0 saturated heterocycles. The number of carbonyl (C=O) groups is 1. The summed E-state index contributed by atoms with van der Waals surface area (Å²) >= 11 is 0. The van der Waals surface area contributed by atoms with Gasteiger partial charge in [-0.3, -0.25) is 9.78 Å². The molecule has 1 aromatic heterocycles. The minimum atomic E-state index is 0.0462. The molecule has 0 unspecified atom stereocenters. The number of carbonyl (C=O) groups excluding carboxylic acids is 1. The van der Waals surface area contributed by atoms with E-state index in [0.717, 1.165) is 22.0 Å². The first-order valence-electron chi connectivity index (χ1n) is 7.86. The van der Waals surface area contributed by atoms with Crippen LogP contribution in [0.3, 0.4) is 0 Å². The highest BCUT2D eigenvalue weighted by Gasteiger charge is 2.08. The van der Waals surface area contributed by atoms with Crippen LogP contribution < -0.4 is 0 Å². The minimum Gasteiger partial charge on any atom is -0.289 e. The van der Waals surface area contributed by atoms with Gasteiger partial charge in [0.1, 0.15) is 0 Å². The first-order valence-corrected chi connectivity index (χ1v) is 7.86. The molecule has 0 atom stereocenters. The Kier molecular flexibility index (Phi) is 3.64. The first-order chi connectivity index (χ1) is 11.8. The molecule has 0 bridgehead atoms. The maximum atomic E-state index is 12.5. The standard InChI is InChI=1S/C22H15NO/c24-22(17-5-2-1-3-6-17)18-10-8-16(9-11-18)19-12-13-21-20(15-19)7-4-14-23-21/h1-15H. The highest BCUT2D eigenvalue weighted by Crippen LogP contribution is 2.24. The zero-order valence-corrected chi connectivity index (χ0v) is 13.0. The summed E-state index contributed by atoms with van der Waals surface area (Å²) in [6, 6.07) is 27.3. The van der Waals surface area contributed by atoms with Crippen molar-refractivity contribution in [1.82, 2.24) is 4.98 Å². The van der Waals surface area contributed by atoms with Crippen LogP contribution in [0, 0.1) is 0 Å². The van der Waals surface area contributed by atoms with Crippen molar-refractivity contribution in [3.8, 4) is 11.1 Å². The van der Waals surface area contributed by atoms with Crippen LogP contribution >= 0.6 is 0 Å². The van der Waals surface area contributed by atoms with Crippen LogP contribution in [-0.4, -0.2) is 10.8 Å². The summed E-state index contributed by atoms with van der Waals surface area (Å²) in [7, 11) is 0. The lowest BCUT2D eigenvalue weighted by molar-refractivity contribution is 0.103. The maximum absolute atomic E-state index is 12.5. The number of benzene rings is 3. The van der Waals surface area contributed by atoms with Gasteiger partial charge in [0.2, 0.25) is 0 Å². The summed E-state index contributed by atoms with van der Waals surface area (Å²) in [5.74, 6) is 0.0462. The van der Waals surface area contributed by atoms with E-state index in [1.54, 1.807) is 6.20 Å². The topological polar surface area (TPSA) is 30.0 Å². The molecule has 4 aromatic rings. The Labute approximate surface area is 140 Å². The monoisotopic (exact) mass is 309 g/mol. The summed E-state index contributed by atoms with van der Waals surface area (Å²) in [6.07, 6.45) is 1.80. The molecule has 0 aliphatic rings. The van der Waals surface area contributed by atoms with E-state index < -0.39 is 0 Å². The van der Waals surface area contributed by atoms with Gasteiger partial charge in [-0.2, -0.15) is 0 Å². The molecule has 0 radical (unpaired) electrons. The number of fused-ring (bicyclic) bond motifs is 1. The quantitative estimate of drug-likeness (QED) is 0.491. The Balaban J connectivity index is 1.66. The molecular formula is C22H15NO. The van der Waals surface area contributed by atoms with Crippen molar-refractivity contribution in [3.05, 3.63) is 102 Å². The van der Waals surface area contributed by atoms with E-state index in [1.807, 2.05) is 66.7 Å². The van der Waals surface area contributed by atoms with E-state index >= 15 is 0 Å². The normalized spacial score (nSPS) is 10.7. The molecule has 0 aliphatic heterocycles. The van der Waals surface area contributed by atoms with E-state index in [4.69, 9.17) is 0 Å². The van der Waals surface area contributed by atoms with Gasteiger partial charge in [-0.25, -0.2) is 0 Å². The number of hydrogen-bond acceptors (Lipinski definition) is 2. The molecule has 0 aliphatic carbocycles. The van der Waals surface area contributed by atoms with Crippen molar-refractivity contribution in [2.24, 2.45) is 0 Å². The lowest BCUT2D eigenvalue weighted by Gasteiger charge is -2.06. The number of pyridine rings is 1. The molecule has 114 valence electrons. The van der Waals surface area contributed by atoms with Crippen molar-refractivity contribution in [2.45, 2.75) is 0 Å². The van der Waals surface area contributed by atoms with Gasteiger partial charge in [0.25, 0.3) is 0 Å². The lowest BCUT2D eigenvalue weighted by atomic mass is 9.98. The van der Waals surface area contributed by atoms with Crippen LogP contribution in [0.2, 0.25) is 0 Å². The number of ketones is 1. The average Bonchev–Trinajstić information content (AvgIpc) is 2.68. The van der Waals surface area contributed by atoms with Gasteiger partial charge >= 0.3 is 0 Å². The zero-order chi connectivity index (χ0) is 16.4. The molecule has 24 heavy (non-hydrogen) atoms. The maximum Gasteiger partial charge on any atom is 0.193 e. The highest BCUT2D eigenvalue weighted by molar-refractivity contribution is 6.09. The number of rotatable bonds is 3. The van der Waals surface area contributed by atoms with Crippen LogP contribution in [0.25, 0.3) is 22.0 Å². The van der Waals surface area contributed by atoms with Crippen molar-refractivity contribution < 1.29 is 4.79 Å². The first kappa shape index (κ1) is 14.3. The van der Waals surface area contributed by atoms with Gasteiger partial charge in [0.05, 0.1) is 5.52 Å². The number of aromatic nitrogens is 1. The Bertz CT molecular complexity index is 1000. The van der Waals surface area contributed by atoms with E-state index in [-0.39, 0.29) is 5.78 Å². The summed E-state index contributed by atoms with van der Waals surface area (Å²) in [6.45, 7) is 0. The number of nitrogens with zero attached hydrogens (tertiary/aromatic N) is 1. The number of hydrogen-bond donors (Lipinski definition) is 0. The second kappa shape index (κ2) is 6.09. The van der Waals surface area contributed by atoms with Crippen molar-refractivity contribution in [3.63, 3.8) is 0 Å². The van der Waals surface area contributed by atoms with Gasteiger partial charge in [0.15, 0.2) is 5.78 Å². The van der Waals surface area contributed by atoms with E-state index in [1.165, 1.54) is 0 Å². The minimum absolute atomic E-state index is 0.0462. The highest BCUT2D eigenvalue weighted by atomic mass is 16.1. The van der Waals surface area contributed by atoms with E-state index in [2.05, 4.69) is 23.2 Å². The van der Waals surface area contributed by atoms with Gasteiger partial charge in [-0.1, -0.05) is 66.7 Å². The largest absolute Gasteiger partial charge is 0.289 e. The predicted molar refractivity (Wildman–Crippen MR) is 97.1 cm³/mol. The van der Waals surface area contributed by atoms with Crippen LogP contribution in [0.4, 0.5) is 0 Å². The van der Waals surface area contributed by atoms with Gasteiger partial charge in [-0.15, -0.1) is 0 Å². The second-order valence-corrected chi connectivity index (χ2v) is 5.68. The third kappa shape index (κ3) is 2.70. The Hall–Kier alpha value is -3.26. The van der Waals surface area contributed by atoms with Crippen molar-refractivity contribution in [1.29, 1.82) is 0 Å². The molecule has 0 spiro atoms. The predicted octanol–water partition coefficient (Wildman–Crippen LogP) is 5.13. The van der Waals surface area contributed by atoms with E-state index in [0.29, 0.717) is 11.1 Å². The fourth-order valence-electron chi connectivity index (χ4n) is 2.83. The van der Waals surface area contributed by atoms with Crippen molar-refractivity contribution >= 4 is 16.7 Å². The summed E-state index contributed by atoms with van der Waals surface area (Å²) < 4.78 is 0. The van der Waals surface area contributed by atoms with Crippen LogP contribution in [0.15, 0.2) is 91.1 Å². The fraction of sp³-hybridized carbons (Fsp3) is 0. The summed E-state index contributed by atoms with van der Waals surface area (Å²) in [4.78, 5) is 16.8. The lowest BCUT2D eigenvalue weighted by Crippen LogP contribution is -2.00. The SMILES string of the molecule is O=C(c1ccccc1)c1ccc(-c2ccc3ncccc3c2)cc1. The second-order valence-electron chi connectivity index (χ2n) is 5.68. The fourth-order valence-corrected chi connectivity index (χ4v) is 2.83. The van der Waals surface area contributed by atoms with Crippen LogP contribution in [0.1, 0.15) is 15.9 Å². The molecule has 3 aromatic carbocycles. The van der Waals surface area contributed by atoms with Crippen molar-refractivity contribution in [2.75, 3.05) is 0 Å². The van der Waals surface area contributed by atoms with Gasteiger partial charge < -0.3 is 0 Å². The summed E-state index contributed by atoms with van der Waals surface area (Å²) in [5.41, 5.74) is 4.60. The molecular weight excluding hydrogens is 294 g/mol. The van der Waals surface area contributed by atoms with Crippen LogP contribution in [0.5, 0.6) is 0 Å². The Morgan fingerprint density at radius 3 is 2.17 bits per heavy atom. The summed E-state index contributed by atoms with van der Waals surface area (Å²) in [5, 5.41) is 1.11. The van der Waals surface area contributed by atoms with Gasteiger partial charge in [-0.05, 0) is 29.3 Å². The third-order valence-electron chi connectivity index (χ3n) is 4.12. The third-order valence-corrected chi connectivity index (χ3v) is 4.12. The molecule has 2 heteroatoms. The molecule has 2 nitrogen and oxygen atoms in total.